The summed E-state index contributed by atoms with van der Waals surface area (Å²) in [6, 6.07) is 1.67. The molecule has 3 nitrogen and oxygen atoms in total. The maximum Gasteiger partial charge on any atom is 0.0113 e. The van der Waals surface area contributed by atoms with Crippen LogP contribution >= 0.6 is 0 Å². The molecule has 1 aliphatic heterocycles. The van der Waals surface area contributed by atoms with Crippen molar-refractivity contribution in [2.45, 2.75) is 58.5 Å². The molecule has 2 fully saturated rings. The highest BCUT2D eigenvalue weighted by Crippen LogP contribution is 2.24. The van der Waals surface area contributed by atoms with Crippen molar-refractivity contribution in [2.75, 3.05) is 39.3 Å². The van der Waals surface area contributed by atoms with Crippen molar-refractivity contribution in [2.24, 2.45) is 5.92 Å². The van der Waals surface area contributed by atoms with E-state index >= 15 is 0 Å². The topological polar surface area (TPSA) is 18.5 Å². The fourth-order valence-electron chi connectivity index (χ4n) is 3.76. The van der Waals surface area contributed by atoms with Crippen molar-refractivity contribution in [1.82, 2.24) is 15.1 Å². The molecule has 0 amide bonds. The first-order chi connectivity index (χ1) is 9.19. The van der Waals surface area contributed by atoms with Gasteiger partial charge in [0.15, 0.2) is 0 Å². The number of rotatable bonds is 5. The summed E-state index contributed by atoms with van der Waals surface area (Å²) >= 11 is 0. The first kappa shape index (κ1) is 15.3. The molecule has 3 heteroatoms. The Morgan fingerprint density at radius 2 is 1.63 bits per heavy atom. The van der Waals surface area contributed by atoms with E-state index in [9.17, 15) is 0 Å². The van der Waals surface area contributed by atoms with E-state index in [4.69, 9.17) is 0 Å². The highest BCUT2D eigenvalue weighted by molar-refractivity contribution is 4.85. The molecular weight excluding hydrogens is 234 g/mol. The molecule has 0 unspecified atom stereocenters. The molecule has 112 valence electrons. The quantitative estimate of drug-likeness (QED) is 0.824. The van der Waals surface area contributed by atoms with Gasteiger partial charge < -0.3 is 10.2 Å². The summed E-state index contributed by atoms with van der Waals surface area (Å²) < 4.78 is 0. The second-order valence-corrected chi connectivity index (χ2v) is 6.79. The van der Waals surface area contributed by atoms with Crippen molar-refractivity contribution < 1.29 is 0 Å². The minimum absolute atomic E-state index is 0.795. The molecule has 0 bridgehead atoms. The van der Waals surface area contributed by atoms with Crippen LogP contribution in [-0.2, 0) is 0 Å². The summed E-state index contributed by atoms with van der Waals surface area (Å²) in [5.41, 5.74) is 0. The van der Waals surface area contributed by atoms with Gasteiger partial charge >= 0.3 is 0 Å². The minimum atomic E-state index is 0.795. The van der Waals surface area contributed by atoms with Gasteiger partial charge in [0.05, 0.1) is 0 Å². The van der Waals surface area contributed by atoms with Gasteiger partial charge in [-0.25, -0.2) is 0 Å². The van der Waals surface area contributed by atoms with Crippen molar-refractivity contribution in [3.05, 3.63) is 0 Å². The maximum atomic E-state index is 3.61. The van der Waals surface area contributed by atoms with Crippen LogP contribution in [0.3, 0.4) is 0 Å². The zero-order valence-corrected chi connectivity index (χ0v) is 13.2. The summed E-state index contributed by atoms with van der Waals surface area (Å²) in [5, 5.41) is 3.61. The fraction of sp³-hybridized carbons (Fsp3) is 1.00. The Kier molecular flexibility index (Phi) is 6.11. The second-order valence-electron chi connectivity index (χ2n) is 6.79. The zero-order chi connectivity index (χ0) is 13.7. The van der Waals surface area contributed by atoms with Gasteiger partial charge in [0.25, 0.3) is 0 Å². The number of piperazine rings is 1. The van der Waals surface area contributed by atoms with Crippen LogP contribution in [0, 0.1) is 5.92 Å². The predicted molar refractivity (Wildman–Crippen MR) is 82.6 cm³/mol. The van der Waals surface area contributed by atoms with Gasteiger partial charge in [-0.05, 0) is 38.1 Å². The lowest BCUT2D eigenvalue weighted by Crippen LogP contribution is -2.52. The number of nitrogens with one attached hydrogen (secondary N) is 1. The first-order valence-corrected chi connectivity index (χ1v) is 8.38. The van der Waals surface area contributed by atoms with Gasteiger partial charge in [-0.1, -0.05) is 20.8 Å². The summed E-state index contributed by atoms with van der Waals surface area (Å²) in [6.07, 6.45) is 5.57. The summed E-state index contributed by atoms with van der Waals surface area (Å²) in [6.45, 7) is 14.4. The van der Waals surface area contributed by atoms with Crippen LogP contribution in [0.4, 0.5) is 0 Å². The molecule has 1 heterocycles. The monoisotopic (exact) mass is 267 g/mol. The molecule has 0 radical (unpaired) electrons. The summed E-state index contributed by atoms with van der Waals surface area (Å²) in [5.74, 6) is 0.808. The van der Waals surface area contributed by atoms with E-state index in [2.05, 4.69) is 35.9 Å². The average molecular weight is 267 g/mol. The zero-order valence-electron chi connectivity index (χ0n) is 13.2. The van der Waals surface area contributed by atoms with Crippen LogP contribution in [0.25, 0.3) is 0 Å². The number of hydrogen-bond donors (Lipinski definition) is 1. The molecule has 0 aromatic heterocycles. The van der Waals surface area contributed by atoms with Crippen molar-refractivity contribution in [1.29, 1.82) is 0 Å². The average Bonchev–Trinajstić information content (AvgIpc) is 2.40. The Bertz CT molecular complexity index is 238. The van der Waals surface area contributed by atoms with E-state index in [1.54, 1.807) is 0 Å². The molecule has 1 saturated carbocycles. The standard InChI is InChI=1S/C16H33N3/c1-4-17-15-5-7-16(8-6-15)19-11-9-18(10-12-19)13-14(2)3/h14-17H,4-13H2,1-3H3. The van der Waals surface area contributed by atoms with E-state index in [1.165, 1.54) is 58.4 Å². The maximum absolute atomic E-state index is 3.61. The Morgan fingerprint density at radius 3 is 2.16 bits per heavy atom. The van der Waals surface area contributed by atoms with Crippen molar-refractivity contribution in [3.63, 3.8) is 0 Å². The van der Waals surface area contributed by atoms with Crippen LogP contribution in [0.2, 0.25) is 0 Å². The summed E-state index contributed by atoms with van der Waals surface area (Å²) in [7, 11) is 0. The van der Waals surface area contributed by atoms with Crippen LogP contribution in [0.1, 0.15) is 46.5 Å². The van der Waals surface area contributed by atoms with Gasteiger partial charge in [0.1, 0.15) is 0 Å². The van der Waals surface area contributed by atoms with Gasteiger partial charge in [-0.2, -0.15) is 0 Å². The molecule has 19 heavy (non-hydrogen) atoms. The first-order valence-electron chi connectivity index (χ1n) is 8.38. The minimum Gasteiger partial charge on any atom is -0.314 e. The molecule has 1 aliphatic carbocycles. The third kappa shape index (κ3) is 4.73. The molecule has 1 N–H and O–H groups in total. The Hall–Kier alpha value is -0.120. The smallest absolute Gasteiger partial charge is 0.0113 e. The van der Waals surface area contributed by atoms with E-state index in [0.29, 0.717) is 0 Å². The molecular formula is C16H33N3. The Balaban J connectivity index is 1.68. The van der Waals surface area contributed by atoms with E-state index in [-0.39, 0.29) is 0 Å². The van der Waals surface area contributed by atoms with Crippen molar-refractivity contribution in [3.8, 4) is 0 Å². The third-order valence-electron chi connectivity index (χ3n) is 4.74. The Labute approximate surface area is 119 Å². The molecule has 2 aliphatic rings. The van der Waals surface area contributed by atoms with Gasteiger partial charge in [0.2, 0.25) is 0 Å². The molecule has 0 atom stereocenters. The normalized spacial score (nSPS) is 30.9. The van der Waals surface area contributed by atoms with E-state index < -0.39 is 0 Å². The predicted octanol–water partition coefficient (Wildman–Crippen LogP) is 2.18. The largest absolute Gasteiger partial charge is 0.314 e. The SMILES string of the molecule is CCNC1CCC(N2CCN(CC(C)C)CC2)CC1. The van der Waals surface area contributed by atoms with Gasteiger partial charge in [-0.15, -0.1) is 0 Å². The lowest BCUT2D eigenvalue weighted by molar-refractivity contribution is 0.0691. The number of hydrogen-bond acceptors (Lipinski definition) is 3. The van der Waals surface area contributed by atoms with Gasteiger partial charge in [0, 0.05) is 44.8 Å². The molecule has 0 spiro atoms. The molecule has 2 rings (SSSR count). The van der Waals surface area contributed by atoms with E-state index in [1.807, 2.05) is 0 Å². The van der Waals surface area contributed by atoms with E-state index in [0.717, 1.165) is 24.5 Å². The van der Waals surface area contributed by atoms with Crippen LogP contribution in [0.5, 0.6) is 0 Å². The Morgan fingerprint density at radius 1 is 1.00 bits per heavy atom. The highest BCUT2D eigenvalue weighted by atomic mass is 15.3. The molecule has 0 aromatic rings. The fourth-order valence-corrected chi connectivity index (χ4v) is 3.76. The van der Waals surface area contributed by atoms with Crippen LogP contribution < -0.4 is 5.32 Å². The van der Waals surface area contributed by atoms with Crippen LogP contribution in [0.15, 0.2) is 0 Å². The number of nitrogens with zero attached hydrogens (tertiary/aromatic N) is 2. The third-order valence-corrected chi connectivity index (χ3v) is 4.74. The lowest BCUT2D eigenvalue weighted by Gasteiger charge is -2.42. The second kappa shape index (κ2) is 7.61. The van der Waals surface area contributed by atoms with Crippen LogP contribution in [-0.4, -0.2) is 61.2 Å². The molecule has 0 aromatic carbocycles. The van der Waals surface area contributed by atoms with Gasteiger partial charge in [-0.3, -0.25) is 4.90 Å². The summed E-state index contributed by atoms with van der Waals surface area (Å²) in [4.78, 5) is 5.41. The lowest BCUT2D eigenvalue weighted by atomic mass is 9.90. The van der Waals surface area contributed by atoms with Crippen molar-refractivity contribution >= 4 is 0 Å². The molecule has 1 saturated heterocycles. The highest BCUT2D eigenvalue weighted by Gasteiger charge is 2.27.